The molecular weight excluding hydrogens is 567 g/mol. The van der Waals surface area contributed by atoms with Crippen LogP contribution in [0, 0.1) is 34.4 Å². The van der Waals surface area contributed by atoms with Crippen molar-refractivity contribution in [2.45, 2.75) is 70.6 Å². The van der Waals surface area contributed by atoms with Crippen molar-refractivity contribution >= 4 is 11.9 Å². The number of aliphatic hydroxyl groups excluding tert-OH is 1. The molecule has 2 heterocycles. The average Bonchev–Trinajstić information content (AvgIpc) is 3.73. The van der Waals surface area contributed by atoms with E-state index in [-0.39, 0.29) is 41.3 Å². The summed E-state index contributed by atoms with van der Waals surface area (Å²) >= 11 is 0. The van der Waals surface area contributed by atoms with Crippen LogP contribution in [-0.4, -0.2) is 47.3 Å². The first-order chi connectivity index (χ1) is 21.6. The molecule has 8 rings (SSSR count). The van der Waals surface area contributed by atoms with Gasteiger partial charge in [-0.1, -0.05) is 49.8 Å². The second kappa shape index (κ2) is 10.1. The molecule has 45 heavy (non-hydrogen) atoms. The number of allylic oxidation sites excluding steroid dienone is 1. The second-order valence-corrected chi connectivity index (χ2v) is 14.3. The monoisotopic (exact) mass is 606 g/mol. The van der Waals surface area contributed by atoms with Gasteiger partial charge in [-0.25, -0.2) is 9.07 Å². The Kier molecular flexibility index (Phi) is 6.39. The van der Waals surface area contributed by atoms with Crippen LogP contribution in [0.2, 0.25) is 0 Å². The van der Waals surface area contributed by atoms with Crippen LogP contribution in [-0.2, 0) is 17.8 Å². The molecule has 2 N–H and O–H groups in total. The molecule has 0 aliphatic heterocycles. The van der Waals surface area contributed by atoms with Crippen molar-refractivity contribution in [3.05, 3.63) is 95.8 Å². The van der Waals surface area contributed by atoms with Crippen LogP contribution in [0.4, 0.5) is 4.39 Å². The summed E-state index contributed by atoms with van der Waals surface area (Å²) in [5.74, 6) is -0.139. The molecular formula is C37H39FN4O3. The molecule has 232 valence electrons. The average molecular weight is 607 g/mol. The number of aromatic nitrogens is 4. The first-order valence-corrected chi connectivity index (χ1v) is 16.2. The quantitative estimate of drug-likeness (QED) is 0.290. The molecule has 4 aromatic rings. The van der Waals surface area contributed by atoms with E-state index in [9.17, 15) is 19.4 Å². The normalized spacial score (nSPS) is 33.5. The van der Waals surface area contributed by atoms with E-state index in [2.05, 4.69) is 23.2 Å². The summed E-state index contributed by atoms with van der Waals surface area (Å²) in [4.78, 5) is 13.9. The molecule has 7 unspecified atom stereocenters. The van der Waals surface area contributed by atoms with Crippen LogP contribution in [0.25, 0.3) is 22.9 Å². The van der Waals surface area contributed by atoms with Gasteiger partial charge in [0.2, 0.25) is 0 Å². The molecule has 0 amide bonds. The second-order valence-electron chi connectivity index (χ2n) is 14.3. The molecule has 2 aromatic heterocycles. The van der Waals surface area contributed by atoms with Gasteiger partial charge in [0.1, 0.15) is 18.0 Å². The molecule has 3 fully saturated rings. The zero-order chi connectivity index (χ0) is 31.1. The Labute approximate surface area is 262 Å². The number of rotatable bonds is 5. The van der Waals surface area contributed by atoms with E-state index in [4.69, 9.17) is 0 Å². The number of aliphatic hydroxyl groups is 2. The van der Waals surface area contributed by atoms with E-state index in [1.165, 1.54) is 17.7 Å². The fourth-order valence-electron chi connectivity index (χ4n) is 9.94. The first-order valence-electron chi connectivity index (χ1n) is 16.2. The topological polar surface area (TPSA) is 93.2 Å². The van der Waals surface area contributed by atoms with Gasteiger partial charge in [0.25, 0.3) is 0 Å². The van der Waals surface area contributed by atoms with Crippen molar-refractivity contribution < 1.29 is 19.4 Å². The minimum absolute atomic E-state index is 0.00125. The lowest BCUT2D eigenvalue weighted by Gasteiger charge is -2.60. The molecule has 0 radical (unpaired) electrons. The highest BCUT2D eigenvalue weighted by molar-refractivity contribution is 5.88. The van der Waals surface area contributed by atoms with Crippen molar-refractivity contribution in [3.8, 4) is 16.8 Å². The maximum absolute atomic E-state index is 13.9. The van der Waals surface area contributed by atoms with Crippen molar-refractivity contribution in [2.75, 3.05) is 0 Å². The summed E-state index contributed by atoms with van der Waals surface area (Å²) in [7, 11) is 0. The van der Waals surface area contributed by atoms with E-state index < -0.39 is 17.1 Å². The molecule has 3 saturated carbocycles. The molecule has 8 heteroatoms. The standard InChI is InChI=1S/C37H39FN4O3/c1-35-17-24-19-40-42(28-11-9-27(38)10-12-28)31(24)16-26(35)8-13-29-30-14-15-37(45,36(30,2)18-32(43)34(29)35)33(44)22-41-21-25(20-39-41)23-6-4-3-5-7-23/h3-7,9-12,16,19-21,29-30,32,34,43,45H,8,13-15,17-18,22H2,1-2H3. The van der Waals surface area contributed by atoms with Crippen molar-refractivity contribution in [2.24, 2.45) is 28.6 Å². The molecule has 2 aromatic carbocycles. The van der Waals surface area contributed by atoms with Crippen molar-refractivity contribution in [1.29, 1.82) is 0 Å². The van der Waals surface area contributed by atoms with Gasteiger partial charge in [0, 0.05) is 17.2 Å². The molecule has 0 saturated heterocycles. The van der Waals surface area contributed by atoms with Crippen LogP contribution in [0.15, 0.2) is 78.8 Å². The highest BCUT2D eigenvalue weighted by Gasteiger charge is 2.68. The summed E-state index contributed by atoms with van der Waals surface area (Å²) in [5.41, 5.74) is 3.76. The number of halogens is 1. The highest BCUT2D eigenvalue weighted by atomic mass is 19.1. The predicted octanol–water partition coefficient (Wildman–Crippen LogP) is 6.03. The molecule has 0 bridgehead atoms. The van der Waals surface area contributed by atoms with Gasteiger partial charge in [-0.15, -0.1) is 0 Å². The predicted molar refractivity (Wildman–Crippen MR) is 169 cm³/mol. The number of carbonyl (C=O) groups is 1. The number of carbonyl (C=O) groups excluding carboxylic acids is 1. The van der Waals surface area contributed by atoms with Crippen molar-refractivity contribution in [3.63, 3.8) is 0 Å². The molecule has 7 nitrogen and oxygen atoms in total. The van der Waals surface area contributed by atoms with Gasteiger partial charge in [-0.2, -0.15) is 10.2 Å². The number of hydrogen-bond acceptors (Lipinski definition) is 5. The fraction of sp³-hybridized carbons (Fsp3) is 0.432. The van der Waals surface area contributed by atoms with Gasteiger partial charge >= 0.3 is 0 Å². The van der Waals surface area contributed by atoms with Crippen LogP contribution in [0.1, 0.15) is 57.2 Å². The third-order valence-corrected chi connectivity index (χ3v) is 12.2. The van der Waals surface area contributed by atoms with Gasteiger partial charge in [-0.3, -0.25) is 9.48 Å². The number of fused-ring (bicyclic) bond motifs is 6. The summed E-state index contributed by atoms with van der Waals surface area (Å²) in [6.07, 6.45) is 11.3. The Bertz CT molecular complexity index is 1810. The summed E-state index contributed by atoms with van der Waals surface area (Å²) in [6, 6.07) is 16.3. The third kappa shape index (κ3) is 4.18. The van der Waals surface area contributed by atoms with Crippen LogP contribution in [0.3, 0.4) is 0 Å². The van der Waals surface area contributed by atoms with Crippen molar-refractivity contribution in [1.82, 2.24) is 19.6 Å². The van der Waals surface area contributed by atoms with E-state index >= 15 is 0 Å². The van der Waals surface area contributed by atoms with E-state index in [0.29, 0.717) is 12.8 Å². The van der Waals surface area contributed by atoms with Gasteiger partial charge < -0.3 is 10.2 Å². The minimum Gasteiger partial charge on any atom is -0.393 e. The number of hydrogen-bond donors (Lipinski definition) is 2. The first kappa shape index (κ1) is 28.6. The molecule has 7 atom stereocenters. The summed E-state index contributed by atoms with van der Waals surface area (Å²) < 4.78 is 17.1. The fourth-order valence-corrected chi connectivity index (χ4v) is 9.94. The van der Waals surface area contributed by atoms with Gasteiger partial charge in [-0.05, 0) is 103 Å². The van der Waals surface area contributed by atoms with E-state index in [0.717, 1.165) is 53.8 Å². The highest BCUT2D eigenvalue weighted by Crippen LogP contribution is 2.67. The number of ketones is 1. The molecule has 4 aliphatic rings. The number of Topliss-reactive ketones (excluding diaryl/α,β-unsaturated/α-hetero) is 1. The largest absolute Gasteiger partial charge is 0.393 e. The minimum atomic E-state index is -1.52. The lowest BCUT2D eigenvalue weighted by atomic mass is 9.45. The SMILES string of the molecule is CC12Cc3cnn(-c4ccc(F)cc4)c3C=C1CCC1C2C(O)CC2(C)C1CCC2(O)C(=O)Cn1cc(-c2ccccc2)cn1. The lowest BCUT2D eigenvalue weighted by Crippen LogP contribution is -2.62. The Morgan fingerprint density at radius 1 is 1.02 bits per heavy atom. The third-order valence-electron chi connectivity index (χ3n) is 12.2. The smallest absolute Gasteiger partial charge is 0.186 e. The van der Waals surface area contributed by atoms with Crippen LogP contribution in [0.5, 0.6) is 0 Å². The Hall–Kier alpha value is -3.88. The van der Waals surface area contributed by atoms with Crippen LogP contribution >= 0.6 is 0 Å². The number of nitrogens with zero attached hydrogens (tertiary/aromatic N) is 4. The van der Waals surface area contributed by atoms with E-state index in [1.807, 2.05) is 54.3 Å². The Morgan fingerprint density at radius 3 is 2.58 bits per heavy atom. The maximum atomic E-state index is 13.9. The summed E-state index contributed by atoms with van der Waals surface area (Å²) in [5, 5.41) is 33.3. The van der Waals surface area contributed by atoms with E-state index in [1.54, 1.807) is 23.0 Å². The summed E-state index contributed by atoms with van der Waals surface area (Å²) in [6.45, 7) is 4.33. The molecule has 0 spiro atoms. The zero-order valence-electron chi connectivity index (χ0n) is 25.7. The van der Waals surface area contributed by atoms with Gasteiger partial charge in [0.05, 0.1) is 29.9 Å². The zero-order valence-corrected chi connectivity index (χ0v) is 25.7. The maximum Gasteiger partial charge on any atom is 0.186 e. The van der Waals surface area contributed by atoms with Crippen LogP contribution < -0.4 is 0 Å². The number of benzene rings is 2. The van der Waals surface area contributed by atoms with Gasteiger partial charge in [0.15, 0.2) is 5.78 Å². The lowest BCUT2D eigenvalue weighted by molar-refractivity contribution is -0.180. The molecule has 4 aliphatic carbocycles. The Morgan fingerprint density at radius 2 is 1.80 bits per heavy atom. The Balaban J connectivity index is 1.06.